The fourth-order valence-corrected chi connectivity index (χ4v) is 3.24. The highest BCUT2D eigenvalue weighted by Gasteiger charge is 2.22. The first kappa shape index (κ1) is 18.3. The number of ketones is 1. The van der Waals surface area contributed by atoms with Crippen molar-refractivity contribution in [2.75, 3.05) is 13.2 Å². The standard InChI is InChI=1S/C19H24N2O2S/c1-5-7-11-21-13-17(14(3)4)24-18(21)12-16(22)15-9-8-10-20-19(15)23-6-2/h8-10,12-13H,3,5-7,11H2,1-2,4H3/b18-12-. The van der Waals surface area contributed by atoms with E-state index in [1.807, 2.05) is 13.8 Å². The second kappa shape index (κ2) is 8.73. The van der Waals surface area contributed by atoms with Crippen LogP contribution in [0.2, 0.25) is 0 Å². The van der Waals surface area contributed by atoms with Crippen molar-refractivity contribution in [2.45, 2.75) is 33.6 Å². The highest BCUT2D eigenvalue weighted by Crippen LogP contribution is 2.39. The zero-order chi connectivity index (χ0) is 17.5. The minimum atomic E-state index is -0.0908. The number of carbonyl (C=O) groups is 1. The summed E-state index contributed by atoms with van der Waals surface area (Å²) in [5.74, 6) is 0.296. The molecule has 1 aliphatic rings. The minimum absolute atomic E-state index is 0.0908. The molecule has 0 atom stereocenters. The van der Waals surface area contributed by atoms with Gasteiger partial charge in [-0.05, 0) is 38.0 Å². The van der Waals surface area contributed by atoms with Crippen molar-refractivity contribution >= 4 is 17.5 Å². The zero-order valence-corrected chi connectivity index (χ0v) is 15.4. The molecule has 128 valence electrons. The Morgan fingerprint density at radius 2 is 2.25 bits per heavy atom. The highest BCUT2D eigenvalue weighted by atomic mass is 32.2. The van der Waals surface area contributed by atoms with E-state index in [1.54, 1.807) is 36.2 Å². The van der Waals surface area contributed by atoms with Gasteiger partial charge in [-0.3, -0.25) is 4.79 Å². The quantitative estimate of drug-likeness (QED) is 0.502. The summed E-state index contributed by atoms with van der Waals surface area (Å²) < 4.78 is 5.46. The number of nitrogens with zero attached hydrogens (tertiary/aromatic N) is 2. The summed E-state index contributed by atoms with van der Waals surface area (Å²) in [5, 5.41) is 0.928. The molecule has 0 fully saturated rings. The van der Waals surface area contributed by atoms with Crippen LogP contribution in [0.15, 0.2) is 52.7 Å². The largest absolute Gasteiger partial charge is 0.477 e. The second-order valence-corrected chi connectivity index (χ2v) is 6.62. The fraction of sp³-hybridized carbons (Fsp3) is 0.368. The SMILES string of the molecule is C=C(C)C1=CN(CCCC)/C(=C/C(=O)c2cccnc2OCC)S1. The van der Waals surface area contributed by atoms with Gasteiger partial charge in [0.25, 0.3) is 0 Å². The van der Waals surface area contributed by atoms with Gasteiger partial charge in [0.1, 0.15) is 0 Å². The van der Waals surface area contributed by atoms with E-state index in [1.165, 1.54) is 0 Å². The Morgan fingerprint density at radius 1 is 1.46 bits per heavy atom. The molecule has 0 unspecified atom stereocenters. The third-order valence-corrected chi connectivity index (χ3v) is 4.75. The molecule has 0 saturated heterocycles. The molecule has 1 aromatic heterocycles. The van der Waals surface area contributed by atoms with Crippen LogP contribution in [0.1, 0.15) is 44.0 Å². The maximum absolute atomic E-state index is 12.7. The predicted molar refractivity (Wildman–Crippen MR) is 99.9 cm³/mol. The summed E-state index contributed by atoms with van der Waals surface area (Å²) in [5.41, 5.74) is 1.50. The lowest BCUT2D eigenvalue weighted by molar-refractivity contribution is 0.104. The lowest BCUT2D eigenvalue weighted by Crippen LogP contribution is -2.14. The van der Waals surface area contributed by atoms with Crippen LogP contribution in [0.5, 0.6) is 5.88 Å². The molecule has 0 spiro atoms. The van der Waals surface area contributed by atoms with E-state index in [2.05, 4.69) is 29.6 Å². The van der Waals surface area contributed by atoms with Crippen LogP contribution in [-0.4, -0.2) is 28.8 Å². The van der Waals surface area contributed by atoms with Crippen LogP contribution >= 0.6 is 11.8 Å². The summed E-state index contributed by atoms with van der Waals surface area (Å²) in [7, 11) is 0. The minimum Gasteiger partial charge on any atom is -0.477 e. The van der Waals surface area contributed by atoms with Gasteiger partial charge in [0.15, 0.2) is 5.78 Å². The van der Waals surface area contributed by atoms with Crippen LogP contribution < -0.4 is 4.74 Å². The second-order valence-electron chi connectivity index (χ2n) is 5.56. The van der Waals surface area contributed by atoms with Gasteiger partial charge in [-0.2, -0.15) is 0 Å². The number of hydrogen-bond acceptors (Lipinski definition) is 5. The van der Waals surface area contributed by atoms with Gasteiger partial charge >= 0.3 is 0 Å². The molecule has 0 aliphatic carbocycles. The predicted octanol–water partition coefficient (Wildman–Crippen LogP) is 4.77. The molecule has 0 aromatic carbocycles. The van der Waals surface area contributed by atoms with Crippen LogP contribution in [0.3, 0.4) is 0 Å². The van der Waals surface area contributed by atoms with Crippen molar-refractivity contribution in [3.63, 3.8) is 0 Å². The number of pyridine rings is 1. The Hall–Kier alpha value is -2.01. The molecule has 5 heteroatoms. The Kier molecular flexibility index (Phi) is 6.67. The number of carbonyl (C=O) groups excluding carboxylic acids is 1. The van der Waals surface area contributed by atoms with Crippen molar-refractivity contribution in [3.05, 3.63) is 58.3 Å². The number of rotatable bonds is 8. The monoisotopic (exact) mass is 344 g/mol. The zero-order valence-electron chi connectivity index (χ0n) is 14.5. The lowest BCUT2D eigenvalue weighted by Gasteiger charge is -2.16. The molecule has 0 N–H and O–H groups in total. The number of unbranched alkanes of at least 4 members (excludes halogenated alkanes) is 1. The van der Waals surface area contributed by atoms with Crippen LogP contribution in [0, 0.1) is 0 Å². The Morgan fingerprint density at radius 3 is 2.92 bits per heavy atom. The molecule has 2 heterocycles. The van der Waals surface area contributed by atoms with E-state index in [-0.39, 0.29) is 5.78 Å². The van der Waals surface area contributed by atoms with Gasteiger partial charge in [0, 0.05) is 29.9 Å². The van der Waals surface area contributed by atoms with Gasteiger partial charge in [-0.25, -0.2) is 4.98 Å². The molecule has 0 amide bonds. The van der Waals surface area contributed by atoms with Crippen LogP contribution in [0.4, 0.5) is 0 Å². The third kappa shape index (κ3) is 4.51. The molecule has 2 rings (SSSR count). The summed E-state index contributed by atoms with van der Waals surface area (Å²) in [6, 6.07) is 3.50. The smallest absolute Gasteiger partial charge is 0.224 e. The first-order valence-electron chi connectivity index (χ1n) is 8.22. The molecular formula is C19H24N2O2S. The highest BCUT2D eigenvalue weighted by molar-refractivity contribution is 8.07. The first-order valence-corrected chi connectivity index (χ1v) is 9.04. The van der Waals surface area contributed by atoms with Crippen molar-refractivity contribution in [1.82, 2.24) is 9.88 Å². The average Bonchev–Trinajstić information content (AvgIpc) is 2.97. The van der Waals surface area contributed by atoms with Crippen LogP contribution in [-0.2, 0) is 0 Å². The van der Waals surface area contributed by atoms with Crippen molar-refractivity contribution in [1.29, 1.82) is 0 Å². The van der Waals surface area contributed by atoms with Gasteiger partial charge in [0.2, 0.25) is 5.88 Å². The molecule has 24 heavy (non-hydrogen) atoms. The lowest BCUT2D eigenvalue weighted by atomic mass is 10.2. The number of thioether (sulfide) groups is 1. The van der Waals surface area contributed by atoms with Gasteiger partial charge in [-0.15, -0.1) is 0 Å². The molecule has 4 nitrogen and oxygen atoms in total. The number of allylic oxidation sites excluding steroid dienone is 2. The number of ether oxygens (including phenoxy) is 1. The Labute approximate surface area is 148 Å². The third-order valence-electron chi connectivity index (χ3n) is 3.52. The molecule has 0 radical (unpaired) electrons. The van der Waals surface area contributed by atoms with E-state index in [0.29, 0.717) is 18.1 Å². The maximum Gasteiger partial charge on any atom is 0.224 e. The first-order chi connectivity index (χ1) is 11.6. The van der Waals surface area contributed by atoms with E-state index in [4.69, 9.17) is 4.74 Å². The maximum atomic E-state index is 12.7. The normalized spacial score (nSPS) is 15.5. The van der Waals surface area contributed by atoms with Crippen LogP contribution in [0.25, 0.3) is 0 Å². The van der Waals surface area contributed by atoms with Gasteiger partial charge in [0.05, 0.1) is 17.2 Å². The topological polar surface area (TPSA) is 42.4 Å². The molecule has 1 aromatic rings. The van der Waals surface area contributed by atoms with Crippen molar-refractivity contribution in [3.8, 4) is 5.88 Å². The van der Waals surface area contributed by atoms with Gasteiger partial charge in [-0.1, -0.05) is 31.7 Å². The van der Waals surface area contributed by atoms with E-state index >= 15 is 0 Å². The Balaban J connectivity index is 2.25. The number of aromatic nitrogens is 1. The molecule has 0 saturated carbocycles. The summed E-state index contributed by atoms with van der Waals surface area (Å²) in [4.78, 5) is 20.1. The van der Waals surface area contributed by atoms with E-state index < -0.39 is 0 Å². The van der Waals surface area contributed by atoms with E-state index in [0.717, 1.165) is 34.9 Å². The van der Waals surface area contributed by atoms with E-state index in [9.17, 15) is 4.79 Å². The van der Waals surface area contributed by atoms with Crippen molar-refractivity contribution in [2.24, 2.45) is 0 Å². The van der Waals surface area contributed by atoms with Gasteiger partial charge < -0.3 is 9.64 Å². The molecule has 1 aliphatic heterocycles. The summed E-state index contributed by atoms with van der Waals surface area (Å²) >= 11 is 1.59. The van der Waals surface area contributed by atoms with Crippen molar-refractivity contribution < 1.29 is 9.53 Å². The Bertz CT molecular complexity index is 680. The number of hydrogen-bond donors (Lipinski definition) is 0. The molecular weight excluding hydrogens is 320 g/mol. The fourth-order valence-electron chi connectivity index (χ4n) is 2.24. The molecule has 0 bridgehead atoms. The summed E-state index contributed by atoms with van der Waals surface area (Å²) in [6.45, 7) is 11.4. The average molecular weight is 344 g/mol. The summed E-state index contributed by atoms with van der Waals surface area (Å²) in [6.07, 6.45) is 7.56.